The summed E-state index contributed by atoms with van der Waals surface area (Å²) in [5.41, 5.74) is 0. The van der Waals surface area contributed by atoms with Gasteiger partial charge in [0.25, 0.3) is 10.2 Å². The van der Waals surface area contributed by atoms with Crippen molar-refractivity contribution in [2.45, 2.75) is 0 Å². The summed E-state index contributed by atoms with van der Waals surface area (Å²) in [6.07, 6.45) is 0. The van der Waals surface area contributed by atoms with Crippen molar-refractivity contribution in [1.29, 1.82) is 0 Å². The zero-order valence-corrected chi connectivity index (χ0v) is 10.3. The third-order valence-electron chi connectivity index (χ3n) is 1.91. The lowest BCUT2D eigenvalue weighted by Crippen LogP contribution is -2.36. The molecule has 0 aliphatic heterocycles. The van der Waals surface area contributed by atoms with E-state index in [2.05, 4.69) is 0 Å². The predicted molar refractivity (Wildman–Crippen MR) is 62.7 cm³/mol. The number of ether oxygens (including phenoxy) is 1. The molecule has 2 N–H and O–H groups in total. The highest BCUT2D eigenvalue weighted by Gasteiger charge is 2.10. The molecule has 1 aromatic carbocycles. The molecule has 0 aliphatic rings. The second-order valence-electron chi connectivity index (χ2n) is 3.17. The molecule has 0 saturated heterocycles. The summed E-state index contributed by atoms with van der Waals surface area (Å²) < 4.78 is 28.0. The van der Waals surface area contributed by atoms with Gasteiger partial charge in [-0.15, -0.1) is 0 Å². The molecule has 90 valence electrons. The first kappa shape index (κ1) is 13.2. The molecule has 1 aromatic rings. The Morgan fingerprint density at radius 1 is 1.50 bits per heavy atom. The molecule has 1 rings (SSSR count). The maximum atomic E-state index is 10.9. The molecule has 0 fully saturated rings. The van der Waals surface area contributed by atoms with Gasteiger partial charge in [0.2, 0.25) is 0 Å². The molecule has 0 aromatic heterocycles. The van der Waals surface area contributed by atoms with E-state index < -0.39 is 10.2 Å². The van der Waals surface area contributed by atoms with Gasteiger partial charge >= 0.3 is 0 Å². The molecule has 16 heavy (non-hydrogen) atoms. The van der Waals surface area contributed by atoms with Crippen LogP contribution in [0, 0.1) is 0 Å². The number of rotatable bonds is 5. The Morgan fingerprint density at radius 2 is 2.19 bits per heavy atom. The van der Waals surface area contributed by atoms with Crippen molar-refractivity contribution >= 4 is 21.8 Å². The van der Waals surface area contributed by atoms with Crippen LogP contribution in [0.15, 0.2) is 24.3 Å². The summed E-state index contributed by atoms with van der Waals surface area (Å²) >= 11 is 5.75. The van der Waals surface area contributed by atoms with Crippen molar-refractivity contribution < 1.29 is 13.2 Å². The number of likely N-dealkylation sites (N-methyl/N-ethyl adjacent to an activating group) is 1. The molecule has 0 aliphatic carbocycles. The van der Waals surface area contributed by atoms with Crippen LogP contribution >= 0.6 is 11.6 Å². The van der Waals surface area contributed by atoms with Crippen LogP contribution in [0.3, 0.4) is 0 Å². The Bertz CT molecular complexity index is 450. The van der Waals surface area contributed by atoms with Gasteiger partial charge in [0.15, 0.2) is 0 Å². The number of nitrogens with two attached hydrogens (primary N) is 1. The van der Waals surface area contributed by atoms with Crippen LogP contribution in [-0.4, -0.2) is 32.9 Å². The molecule has 7 heteroatoms. The molecular formula is C9H13ClN2O3S. The normalized spacial score (nSPS) is 11.8. The lowest BCUT2D eigenvalue weighted by Gasteiger charge is -2.13. The van der Waals surface area contributed by atoms with Gasteiger partial charge < -0.3 is 4.74 Å². The average molecular weight is 265 g/mol. The maximum Gasteiger partial charge on any atom is 0.276 e. The largest absolute Gasteiger partial charge is 0.492 e. The van der Waals surface area contributed by atoms with E-state index in [9.17, 15) is 8.42 Å². The van der Waals surface area contributed by atoms with E-state index in [4.69, 9.17) is 21.5 Å². The second-order valence-corrected chi connectivity index (χ2v) is 5.26. The van der Waals surface area contributed by atoms with Crippen LogP contribution < -0.4 is 9.88 Å². The van der Waals surface area contributed by atoms with Gasteiger partial charge in [0, 0.05) is 18.6 Å². The van der Waals surface area contributed by atoms with Crippen molar-refractivity contribution in [3.05, 3.63) is 29.3 Å². The summed E-state index contributed by atoms with van der Waals surface area (Å²) in [5.74, 6) is 0.593. The van der Waals surface area contributed by atoms with Crippen molar-refractivity contribution in [2.24, 2.45) is 5.14 Å². The zero-order chi connectivity index (χ0) is 12.2. The van der Waals surface area contributed by atoms with Crippen molar-refractivity contribution in [1.82, 2.24) is 4.31 Å². The lowest BCUT2D eigenvalue weighted by molar-refractivity contribution is 0.287. The SMILES string of the molecule is CN(CCOc1cccc(Cl)c1)S(N)(=O)=O. The van der Waals surface area contributed by atoms with E-state index in [1.165, 1.54) is 7.05 Å². The maximum absolute atomic E-state index is 10.9. The monoisotopic (exact) mass is 264 g/mol. The number of benzene rings is 1. The average Bonchev–Trinajstić information content (AvgIpc) is 2.16. The number of hydrogen-bond acceptors (Lipinski definition) is 3. The smallest absolute Gasteiger partial charge is 0.276 e. The number of halogens is 1. The van der Waals surface area contributed by atoms with E-state index in [-0.39, 0.29) is 13.2 Å². The van der Waals surface area contributed by atoms with E-state index in [0.29, 0.717) is 10.8 Å². The summed E-state index contributed by atoms with van der Waals surface area (Å²) in [7, 11) is -2.25. The van der Waals surface area contributed by atoms with Gasteiger partial charge in [-0.2, -0.15) is 12.7 Å². The van der Waals surface area contributed by atoms with Crippen LogP contribution in [0.1, 0.15) is 0 Å². The van der Waals surface area contributed by atoms with Crippen LogP contribution in [0.5, 0.6) is 5.75 Å². The van der Waals surface area contributed by atoms with Crippen molar-refractivity contribution in [3.8, 4) is 5.75 Å². The molecular weight excluding hydrogens is 252 g/mol. The summed E-state index contributed by atoms with van der Waals surface area (Å²) in [6.45, 7) is 0.401. The summed E-state index contributed by atoms with van der Waals surface area (Å²) in [4.78, 5) is 0. The first-order valence-corrected chi connectivity index (χ1v) is 6.40. The van der Waals surface area contributed by atoms with E-state index >= 15 is 0 Å². The van der Waals surface area contributed by atoms with Crippen LogP contribution in [-0.2, 0) is 10.2 Å². The second kappa shape index (κ2) is 5.49. The molecule has 0 unspecified atom stereocenters. The number of nitrogens with zero attached hydrogens (tertiary/aromatic N) is 1. The molecule has 0 radical (unpaired) electrons. The Labute approximate surface area is 99.9 Å². The third-order valence-corrected chi connectivity index (χ3v) is 3.19. The molecule has 0 bridgehead atoms. The number of hydrogen-bond donors (Lipinski definition) is 1. The standard InChI is InChI=1S/C9H13ClN2O3S/c1-12(16(11,13)14)5-6-15-9-4-2-3-8(10)7-9/h2-4,7H,5-6H2,1H3,(H2,11,13,14). The first-order chi connectivity index (χ1) is 7.39. The molecule has 0 amide bonds. The van der Waals surface area contributed by atoms with Gasteiger partial charge in [0.05, 0.1) is 0 Å². The van der Waals surface area contributed by atoms with Crippen LogP contribution in [0.2, 0.25) is 5.02 Å². The quantitative estimate of drug-likeness (QED) is 0.857. The van der Waals surface area contributed by atoms with E-state index in [1.807, 2.05) is 0 Å². The van der Waals surface area contributed by atoms with Gasteiger partial charge in [-0.05, 0) is 18.2 Å². The molecule has 0 saturated carbocycles. The fourth-order valence-electron chi connectivity index (χ4n) is 0.976. The first-order valence-electron chi connectivity index (χ1n) is 4.52. The highest BCUT2D eigenvalue weighted by Crippen LogP contribution is 2.16. The van der Waals surface area contributed by atoms with Crippen LogP contribution in [0.4, 0.5) is 0 Å². The van der Waals surface area contributed by atoms with Crippen LogP contribution in [0.25, 0.3) is 0 Å². The molecule has 0 atom stereocenters. The molecule has 0 spiro atoms. The topological polar surface area (TPSA) is 72.6 Å². The van der Waals surface area contributed by atoms with E-state index in [0.717, 1.165) is 4.31 Å². The molecule has 0 heterocycles. The molecule has 5 nitrogen and oxygen atoms in total. The Kier molecular flexibility index (Phi) is 4.55. The van der Waals surface area contributed by atoms with Crippen molar-refractivity contribution in [3.63, 3.8) is 0 Å². The summed E-state index contributed by atoms with van der Waals surface area (Å²) in [6, 6.07) is 6.87. The Morgan fingerprint density at radius 3 is 2.75 bits per heavy atom. The highest BCUT2D eigenvalue weighted by atomic mass is 35.5. The fraction of sp³-hybridized carbons (Fsp3) is 0.333. The Balaban J connectivity index is 2.42. The minimum Gasteiger partial charge on any atom is -0.492 e. The van der Waals surface area contributed by atoms with E-state index in [1.54, 1.807) is 24.3 Å². The van der Waals surface area contributed by atoms with Crippen molar-refractivity contribution in [2.75, 3.05) is 20.2 Å². The fourth-order valence-corrected chi connectivity index (χ4v) is 1.49. The minimum atomic E-state index is -3.64. The van der Waals surface area contributed by atoms with Gasteiger partial charge in [-0.3, -0.25) is 0 Å². The highest BCUT2D eigenvalue weighted by molar-refractivity contribution is 7.86. The third kappa shape index (κ3) is 4.36. The van der Waals surface area contributed by atoms with Gasteiger partial charge in [-0.25, -0.2) is 5.14 Å². The predicted octanol–water partition coefficient (Wildman–Crippen LogP) is 0.854. The summed E-state index contributed by atoms with van der Waals surface area (Å²) in [5, 5.41) is 5.47. The minimum absolute atomic E-state index is 0.186. The van der Waals surface area contributed by atoms with Gasteiger partial charge in [-0.1, -0.05) is 17.7 Å². The zero-order valence-electron chi connectivity index (χ0n) is 8.76. The Hall–Kier alpha value is -0.820. The van der Waals surface area contributed by atoms with Gasteiger partial charge in [0.1, 0.15) is 12.4 Å². The lowest BCUT2D eigenvalue weighted by atomic mass is 10.3.